The number of likely N-dealkylation sites (N-methyl/N-ethyl adjacent to an activating group) is 1. The van der Waals surface area contributed by atoms with Gasteiger partial charge in [0.25, 0.3) is 0 Å². The van der Waals surface area contributed by atoms with E-state index in [4.69, 9.17) is 4.74 Å². The molecule has 1 aliphatic heterocycles. The molecule has 2 atom stereocenters. The van der Waals surface area contributed by atoms with Crippen LogP contribution in [0.4, 0.5) is 4.39 Å². The Kier molecular flexibility index (Phi) is 5.79. The van der Waals surface area contributed by atoms with E-state index in [0.29, 0.717) is 12.0 Å². The van der Waals surface area contributed by atoms with Crippen LogP contribution in [-0.4, -0.2) is 25.8 Å². The molecule has 1 saturated heterocycles. The summed E-state index contributed by atoms with van der Waals surface area (Å²) in [4.78, 5) is 0. The van der Waals surface area contributed by atoms with Crippen LogP contribution in [0.2, 0.25) is 0 Å². The number of nitrogens with one attached hydrogen (secondary N) is 1. The molecular weight excluding hydrogens is 309 g/mol. The maximum absolute atomic E-state index is 13.3. The maximum Gasteiger partial charge on any atom is 0.123 e. The van der Waals surface area contributed by atoms with Crippen molar-refractivity contribution >= 4 is 15.9 Å². The molecule has 4 heteroatoms. The van der Waals surface area contributed by atoms with Gasteiger partial charge in [-0.05, 0) is 55.5 Å². The van der Waals surface area contributed by atoms with Crippen LogP contribution in [0.3, 0.4) is 0 Å². The Morgan fingerprint density at radius 1 is 1.53 bits per heavy atom. The van der Waals surface area contributed by atoms with Gasteiger partial charge in [0.15, 0.2) is 0 Å². The molecule has 0 saturated carbocycles. The van der Waals surface area contributed by atoms with Crippen molar-refractivity contribution in [2.45, 2.75) is 32.2 Å². The smallest absolute Gasteiger partial charge is 0.123 e. The summed E-state index contributed by atoms with van der Waals surface area (Å²) in [5.41, 5.74) is 1.03. The highest BCUT2D eigenvalue weighted by Crippen LogP contribution is 2.23. The minimum Gasteiger partial charge on any atom is -0.381 e. The van der Waals surface area contributed by atoms with Crippen molar-refractivity contribution in [2.75, 3.05) is 19.8 Å². The fourth-order valence-electron chi connectivity index (χ4n) is 2.66. The third-order valence-electron chi connectivity index (χ3n) is 3.61. The molecule has 106 valence electrons. The second kappa shape index (κ2) is 7.36. The van der Waals surface area contributed by atoms with E-state index in [1.54, 1.807) is 12.1 Å². The van der Waals surface area contributed by atoms with E-state index >= 15 is 0 Å². The van der Waals surface area contributed by atoms with Crippen molar-refractivity contribution in [2.24, 2.45) is 5.92 Å². The predicted molar refractivity (Wildman–Crippen MR) is 78.8 cm³/mol. The van der Waals surface area contributed by atoms with Gasteiger partial charge in [-0.2, -0.15) is 0 Å². The van der Waals surface area contributed by atoms with E-state index in [-0.39, 0.29) is 5.82 Å². The zero-order valence-electron chi connectivity index (χ0n) is 11.3. The normalized spacial score (nSPS) is 20.7. The quantitative estimate of drug-likeness (QED) is 0.861. The molecule has 0 bridgehead atoms. The number of ether oxygens (including phenoxy) is 1. The predicted octanol–water partition coefficient (Wildman–Crippen LogP) is 3.54. The lowest BCUT2D eigenvalue weighted by atomic mass is 9.94. The summed E-state index contributed by atoms with van der Waals surface area (Å²) in [6, 6.07) is 5.28. The molecule has 19 heavy (non-hydrogen) atoms. The summed E-state index contributed by atoms with van der Waals surface area (Å²) < 4.78 is 19.7. The van der Waals surface area contributed by atoms with Crippen LogP contribution in [0.1, 0.15) is 25.3 Å². The molecule has 1 aromatic carbocycles. The van der Waals surface area contributed by atoms with E-state index in [1.165, 1.54) is 6.07 Å². The van der Waals surface area contributed by atoms with Gasteiger partial charge in [-0.1, -0.05) is 22.9 Å². The second-order valence-electron chi connectivity index (χ2n) is 5.16. The van der Waals surface area contributed by atoms with Gasteiger partial charge in [-0.15, -0.1) is 0 Å². The molecule has 2 unspecified atom stereocenters. The molecule has 1 N–H and O–H groups in total. The first-order valence-electron chi connectivity index (χ1n) is 6.94. The van der Waals surface area contributed by atoms with Gasteiger partial charge in [0.2, 0.25) is 0 Å². The summed E-state index contributed by atoms with van der Waals surface area (Å²) in [6.07, 6.45) is 3.09. The largest absolute Gasteiger partial charge is 0.381 e. The topological polar surface area (TPSA) is 21.3 Å². The van der Waals surface area contributed by atoms with E-state index in [2.05, 4.69) is 28.2 Å². The maximum atomic E-state index is 13.3. The monoisotopic (exact) mass is 329 g/mol. The average molecular weight is 330 g/mol. The highest BCUT2D eigenvalue weighted by molar-refractivity contribution is 9.10. The number of rotatable bonds is 6. The fourth-order valence-corrected chi connectivity index (χ4v) is 3.07. The van der Waals surface area contributed by atoms with Crippen LogP contribution in [0.15, 0.2) is 22.7 Å². The van der Waals surface area contributed by atoms with Gasteiger partial charge in [0.05, 0.1) is 0 Å². The lowest BCUT2D eigenvalue weighted by molar-refractivity contribution is 0.181. The lowest BCUT2D eigenvalue weighted by Crippen LogP contribution is -2.33. The zero-order valence-corrected chi connectivity index (χ0v) is 12.9. The van der Waals surface area contributed by atoms with Gasteiger partial charge in [0.1, 0.15) is 5.82 Å². The Labute approximate surface area is 122 Å². The number of hydrogen-bond donors (Lipinski definition) is 1. The van der Waals surface area contributed by atoms with Crippen molar-refractivity contribution in [1.82, 2.24) is 5.32 Å². The molecule has 2 nitrogen and oxygen atoms in total. The molecule has 0 aromatic heterocycles. The third-order valence-corrected chi connectivity index (χ3v) is 4.38. The van der Waals surface area contributed by atoms with Crippen LogP contribution in [-0.2, 0) is 11.2 Å². The van der Waals surface area contributed by atoms with Gasteiger partial charge in [-0.25, -0.2) is 4.39 Å². The van der Waals surface area contributed by atoms with Crippen LogP contribution in [0, 0.1) is 11.7 Å². The van der Waals surface area contributed by atoms with E-state index < -0.39 is 0 Å². The van der Waals surface area contributed by atoms with Gasteiger partial charge >= 0.3 is 0 Å². The highest BCUT2D eigenvalue weighted by atomic mass is 79.9. The van der Waals surface area contributed by atoms with Gasteiger partial charge in [0, 0.05) is 23.7 Å². The molecule has 0 spiro atoms. The van der Waals surface area contributed by atoms with Gasteiger partial charge in [-0.3, -0.25) is 0 Å². The Hall–Kier alpha value is -0.450. The third kappa shape index (κ3) is 4.55. The Morgan fingerprint density at radius 3 is 3.05 bits per heavy atom. The van der Waals surface area contributed by atoms with E-state index in [1.807, 2.05) is 0 Å². The molecule has 0 amide bonds. The number of hydrogen-bond acceptors (Lipinski definition) is 2. The van der Waals surface area contributed by atoms with Crippen molar-refractivity contribution < 1.29 is 9.13 Å². The molecule has 2 rings (SSSR count). The minimum absolute atomic E-state index is 0.169. The summed E-state index contributed by atoms with van der Waals surface area (Å²) in [5, 5.41) is 3.51. The minimum atomic E-state index is -0.169. The van der Waals surface area contributed by atoms with Crippen molar-refractivity contribution in [3.8, 4) is 0 Å². The summed E-state index contributed by atoms with van der Waals surface area (Å²) >= 11 is 3.50. The standard InChI is InChI=1S/C15H21BrFNO/c1-2-18-14(7-11-5-6-19-10-11)9-12-8-13(17)3-4-15(12)16/h3-4,8,11,14,18H,2,5-7,9-10H2,1H3. The molecular formula is C15H21BrFNO. The van der Waals surface area contributed by atoms with Crippen molar-refractivity contribution in [3.63, 3.8) is 0 Å². The van der Waals surface area contributed by atoms with E-state index in [9.17, 15) is 4.39 Å². The average Bonchev–Trinajstić information content (AvgIpc) is 2.87. The molecule has 1 fully saturated rings. The van der Waals surface area contributed by atoms with Crippen LogP contribution >= 0.6 is 15.9 Å². The lowest BCUT2D eigenvalue weighted by Gasteiger charge is -2.21. The Bertz CT molecular complexity index is 407. The van der Waals surface area contributed by atoms with Gasteiger partial charge < -0.3 is 10.1 Å². The highest BCUT2D eigenvalue weighted by Gasteiger charge is 2.21. The SMILES string of the molecule is CCNC(Cc1cc(F)ccc1Br)CC1CCOC1. The van der Waals surface area contributed by atoms with Crippen LogP contribution in [0.25, 0.3) is 0 Å². The molecule has 1 heterocycles. The van der Waals surface area contributed by atoms with Crippen LogP contribution < -0.4 is 5.32 Å². The first kappa shape index (κ1) is 14.9. The van der Waals surface area contributed by atoms with Crippen molar-refractivity contribution in [1.29, 1.82) is 0 Å². The Balaban J connectivity index is 2.00. The van der Waals surface area contributed by atoms with E-state index in [0.717, 1.165) is 49.1 Å². The zero-order chi connectivity index (χ0) is 13.7. The fraction of sp³-hybridized carbons (Fsp3) is 0.600. The molecule has 0 aliphatic carbocycles. The first-order chi connectivity index (χ1) is 9.19. The number of halogens is 2. The number of benzene rings is 1. The second-order valence-corrected chi connectivity index (χ2v) is 6.01. The summed E-state index contributed by atoms with van der Waals surface area (Å²) in [6.45, 7) is 4.79. The summed E-state index contributed by atoms with van der Waals surface area (Å²) in [5.74, 6) is 0.467. The molecule has 0 radical (unpaired) electrons. The summed E-state index contributed by atoms with van der Waals surface area (Å²) in [7, 11) is 0. The Morgan fingerprint density at radius 2 is 2.37 bits per heavy atom. The van der Waals surface area contributed by atoms with Crippen LogP contribution in [0.5, 0.6) is 0 Å². The molecule has 1 aliphatic rings. The van der Waals surface area contributed by atoms with Crippen molar-refractivity contribution in [3.05, 3.63) is 34.1 Å². The molecule has 1 aromatic rings. The first-order valence-corrected chi connectivity index (χ1v) is 7.73.